The molecule has 0 saturated heterocycles. The number of rotatable bonds is 5. The van der Waals surface area contributed by atoms with Crippen LogP contribution in [0.4, 0.5) is 0 Å². The van der Waals surface area contributed by atoms with Crippen molar-refractivity contribution in [3.05, 3.63) is 83.2 Å². The molecule has 116 valence electrons. The molecular weight excluding hydrogens is 286 g/mol. The van der Waals surface area contributed by atoms with Crippen LogP contribution in [0.3, 0.4) is 0 Å². The van der Waals surface area contributed by atoms with Crippen LogP contribution >= 0.6 is 0 Å². The molecule has 3 rings (SSSR count). The predicted molar refractivity (Wildman–Crippen MR) is 91.4 cm³/mol. The van der Waals surface area contributed by atoms with Crippen molar-refractivity contribution in [2.45, 2.75) is 20.5 Å². The summed E-state index contributed by atoms with van der Waals surface area (Å²) in [5.74, 6) is 0.829. The van der Waals surface area contributed by atoms with Crippen molar-refractivity contribution in [3.8, 4) is 11.4 Å². The lowest BCUT2D eigenvalue weighted by atomic mass is 10.2. The van der Waals surface area contributed by atoms with Crippen LogP contribution in [-0.2, 0) is 6.61 Å². The van der Waals surface area contributed by atoms with Gasteiger partial charge < -0.3 is 9.30 Å². The maximum Gasteiger partial charge on any atom is 0.151 e. The number of ether oxygens (including phenoxy) is 1. The van der Waals surface area contributed by atoms with Crippen LogP contribution in [-0.4, -0.2) is 10.9 Å². The smallest absolute Gasteiger partial charge is 0.151 e. The molecule has 0 unspecified atom stereocenters. The molecule has 2 aromatic carbocycles. The Kier molecular flexibility index (Phi) is 4.29. The van der Waals surface area contributed by atoms with E-state index in [2.05, 4.69) is 4.57 Å². The van der Waals surface area contributed by atoms with Crippen molar-refractivity contribution in [2.75, 3.05) is 0 Å². The summed E-state index contributed by atoms with van der Waals surface area (Å²) < 4.78 is 7.88. The van der Waals surface area contributed by atoms with Crippen molar-refractivity contribution in [1.82, 2.24) is 4.57 Å². The molecule has 0 aliphatic carbocycles. The first-order chi connectivity index (χ1) is 11.2. The normalized spacial score (nSPS) is 10.5. The zero-order valence-electron chi connectivity index (χ0n) is 13.3. The standard InChI is InChI=1S/C20H19NO2/c1-15-12-18(13-22)16(2)21(15)19-8-10-20(11-9-19)23-14-17-6-4-3-5-7-17/h3-13H,14H2,1-2H3. The lowest BCUT2D eigenvalue weighted by Crippen LogP contribution is -2.00. The van der Waals surface area contributed by atoms with Gasteiger partial charge in [-0.05, 0) is 49.7 Å². The number of benzene rings is 2. The average Bonchev–Trinajstić information content (AvgIpc) is 2.88. The van der Waals surface area contributed by atoms with Gasteiger partial charge in [-0.3, -0.25) is 4.79 Å². The van der Waals surface area contributed by atoms with Gasteiger partial charge in [-0.1, -0.05) is 30.3 Å². The lowest BCUT2D eigenvalue weighted by molar-refractivity contribution is 0.112. The molecule has 0 aliphatic heterocycles. The monoisotopic (exact) mass is 305 g/mol. The van der Waals surface area contributed by atoms with E-state index in [0.29, 0.717) is 6.61 Å². The van der Waals surface area contributed by atoms with E-state index in [-0.39, 0.29) is 0 Å². The highest BCUT2D eigenvalue weighted by molar-refractivity contribution is 5.77. The lowest BCUT2D eigenvalue weighted by Gasteiger charge is -2.11. The number of nitrogens with zero attached hydrogens (tertiary/aromatic N) is 1. The molecule has 0 radical (unpaired) electrons. The zero-order valence-corrected chi connectivity index (χ0v) is 13.3. The topological polar surface area (TPSA) is 31.2 Å². The molecule has 3 nitrogen and oxygen atoms in total. The summed E-state index contributed by atoms with van der Waals surface area (Å²) in [4.78, 5) is 11.1. The van der Waals surface area contributed by atoms with Crippen LogP contribution in [0, 0.1) is 13.8 Å². The Balaban J connectivity index is 1.77. The van der Waals surface area contributed by atoms with Gasteiger partial charge in [0.1, 0.15) is 12.4 Å². The van der Waals surface area contributed by atoms with E-state index >= 15 is 0 Å². The Labute approximate surface area is 136 Å². The summed E-state index contributed by atoms with van der Waals surface area (Å²) in [6, 6.07) is 19.9. The SMILES string of the molecule is Cc1cc(C=O)c(C)n1-c1ccc(OCc2ccccc2)cc1. The molecule has 0 bridgehead atoms. The number of carbonyl (C=O) groups is 1. The summed E-state index contributed by atoms with van der Waals surface area (Å²) in [7, 11) is 0. The highest BCUT2D eigenvalue weighted by atomic mass is 16.5. The molecule has 3 aromatic rings. The quantitative estimate of drug-likeness (QED) is 0.651. The summed E-state index contributed by atoms with van der Waals surface area (Å²) >= 11 is 0. The van der Waals surface area contributed by atoms with Crippen LogP contribution in [0.25, 0.3) is 5.69 Å². The van der Waals surface area contributed by atoms with Crippen molar-refractivity contribution in [2.24, 2.45) is 0 Å². The molecule has 0 aliphatic rings. The Morgan fingerprint density at radius 3 is 2.30 bits per heavy atom. The van der Waals surface area contributed by atoms with E-state index in [9.17, 15) is 4.79 Å². The average molecular weight is 305 g/mol. The van der Waals surface area contributed by atoms with E-state index in [1.807, 2.05) is 74.5 Å². The molecule has 0 amide bonds. The van der Waals surface area contributed by atoms with Gasteiger partial charge in [0.2, 0.25) is 0 Å². The molecular formula is C20H19NO2. The Morgan fingerprint density at radius 1 is 1.00 bits per heavy atom. The minimum absolute atomic E-state index is 0.553. The van der Waals surface area contributed by atoms with E-state index in [0.717, 1.165) is 40.2 Å². The molecule has 0 N–H and O–H groups in total. The van der Waals surface area contributed by atoms with Crippen molar-refractivity contribution in [1.29, 1.82) is 0 Å². The van der Waals surface area contributed by atoms with Crippen LogP contribution < -0.4 is 4.74 Å². The maximum absolute atomic E-state index is 11.1. The number of hydrogen-bond acceptors (Lipinski definition) is 2. The van der Waals surface area contributed by atoms with Gasteiger partial charge in [0.15, 0.2) is 6.29 Å². The van der Waals surface area contributed by atoms with E-state index < -0.39 is 0 Å². The molecule has 0 atom stereocenters. The second-order valence-corrected chi connectivity index (χ2v) is 5.55. The van der Waals surface area contributed by atoms with Gasteiger partial charge in [-0.25, -0.2) is 0 Å². The van der Waals surface area contributed by atoms with Gasteiger partial charge in [0.05, 0.1) is 0 Å². The number of carbonyl (C=O) groups excluding carboxylic acids is 1. The summed E-state index contributed by atoms with van der Waals surface area (Å²) in [6.45, 7) is 4.51. The van der Waals surface area contributed by atoms with Gasteiger partial charge in [-0.2, -0.15) is 0 Å². The number of aldehydes is 1. The Bertz CT molecular complexity index is 802. The molecule has 1 aromatic heterocycles. The van der Waals surface area contributed by atoms with E-state index in [4.69, 9.17) is 4.74 Å². The highest BCUT2D eigenvalue weighted by Gasteiger charge is 2.09. The fraction of sp³-hybridized carbons (Fsp3) is 0.150. The second-order valence-electron chi connectivity index (χ2n) is 5.55. The zero-order chi connectivity index (χ0) is 16.2. The fourth-order valence-electron chi connectivity index (χ4n) is 2.74. The summed E-state index contributed by atoms with van der Waals surface area (Å²) in [5.41, 5.74) is 4.90. The molecule has 0 spiro atoms. The van der Waals surface area contributed by atoms with Gasteiger partial charge in [0.25, 0.3) is 0 Å². The van der Waals surface area contributed by atoms with Crippen molar-refractivity contribution in [3.63, 3.8) is 0 Å². The third-order valence-corrected chi connectivity index (χ3v) is 3.94. The third-order valence-electron chi connectivity index (χ3n) is 3.94. The summed E-state index contributed by atoms with van der Waals surface area (Å²) in [6.07, 6.45) is 0.899. The van der Waals surface area contributed by atoms with Gasteiger partial charge in [0, 0.05) is 22.6 Å². The summed E-state index contributed by atoms with van der Waals surface area (Å²) in [5, 5.41) is 0. The fourth-order valence-corrected chi connectivity index (χ4v) is 2.74. The number of aromatic nitrogens is 1. The second kappa shape index (κ2) is 6.53. The Morgan fingerprint density at radius 2 is 1.70 bits per heavy atom. The van der Waals surface area contributed by atoms with Crippen LogP contribution in [0.2, 0.25) is 0 Å². The predicted octanol–water partition coefficient (Wildman–Crippen LogP) is 4.49. The largest absolute Gasteiger partial charge is 0.489 e. The first-order valence-corrected chi connectivity index (χ1v) is 7.60. The Hall–Kier alpha value is -2.81. The number of hydrogen-bond donors (Lipinski definition) is 0. The molecule has 1 heterocycles. The first kappa shape index (κ1) is 15.1. The maximum atomic E-state index is 11.1. The highest BCUT2D eigenvalue weighted by Crippen LogP contribution is 2.22. The minimum atomic E-state index is 0.553. The van der Waals surface area contributed by atoms with Crippen LogP contribution in [0.15, 0.2) is 60.7 Å². The van der Waals surface area contributed by atoms with Crippen LogP contribution in [0.1, 0.15) is 27.3 Å². The van der Waals surface area contributed by atoms with Gasteiger partial charge in [-0.15, -0.1) is 0 Å². The molecule has 23 heavy (non-hydrogen) atoms. The first-order valence-electron chi connectivity index (χ1n) is 7.60. The third kappa shape index (κ3) is 3.19. The van der Waals surface area contributed by atoms with Gasteiger partial charge >= 0.3 is 0 Å². The molecule has 0 fully saturated rings. The van der Waals surface area contributed by atoms with E-state index in [1.165, 1.54) is 0 Å². The van der Waals surface area contributed by atoms with Crippen LogP contribution in [0.5, 0.6) is 5.75 Å². The molecule has 0 saturated carbocycles. The van der Waals surface area contributed by atoms with E-state index in [1.54, 1.807) is 0 Å². The minimum Gasteiger partial charge on any atom is -0.489 e. The van der Waals surface area contributed by atoms with Crippen molar-refractivity contribution >= 4 is 6.29 Å². The van der Waals surface area contributed by atoms with Crippen molar-refractivity contribution < 1.29 is 9.53 Å². The number of aryl methyl sites for hydroxylation is 1. The molecule has 3 heteroatoms.